The van der Waals surface area contributed by atoms with Crippen molar-refractivity contribution in [3.63, 3.8) is 0 Å². The van der Waals surface area contributed by atoms with Crippen molar-refractivity contribution < 1.29 is 37.4 Å². The maximum absolute atomic E-state index is 15.2. The fourth-order valence-corrected chi connectivity index (χ4v) is 4.87. The lowest BCUT2D eigenvalue weighted by molar-refractivity contribution is -0.133. The zero-order chi connectivity index (χ0) is 30.0. The summed E-state index contributed by atoms with van der Waals surface area (Å²) in [6.45, 7) is 2.14. The third-order valence-corrected chi connectivity index (χ3v) is 7.00. The van der Waals surface area contributed by atoms with Gasteiger partial charge in [0.2, 0.25) is 5.91 Å². The molecule has 0 bridgehead atoms. The number of ether oxygens (including phenoxy) is 2. The van der Waals surface area contributed by atoms with Crippen LogP contribution in [0.4, 0.5) is 29.7 Å². The van der Waals surface area contributed by atoms with Crippen molar-refractivity contribution in [2.24, 2.45) is 0 Å². The van der Waals surface area contributed by atoms with Crippen LogP contribution in [0.2, 0.25) is 0 Å². The van der Waals surface area contributed by atoms with Crippen LogP contribution in [0.25, 0.3) is 5.65 Å². The van der Waals surface area contributed by atoms with Crippen LogP contribution < -0.4 is 20.4 Å². The molecule has 0 aliphatic carbocycles. The highest BCUT2D eigenvalue weighted by Gasteiger charge is 2.35. The van der Waals surface area contributed by atoms with E-state index in [2.05, 4.69) is 25.5 Å². The summed E-state index contributed by atoms with van der Waals surface area (Å²) < 4.78 is 41.4. The van der Waals surface area contributed by atoms with Crippen molar-refractivity contribution in [3.8, 4) is 0 Å². The Morgan fingerprint density at radius 2 is 1.88 bits per heavy atom. The topological polar surface area (TPSA) is 151 Å². The summed E-state index contributed by atoms with van der Waals surface area (Å²) in [7, 11) is 1.19. The Kier molecular flexibility index (Phi) is 8.04. The van der Waals surface area contributed by atoms with Gasteiger partial charge < -0.3 is 29.9 Å². The van der Waals surface area contributed by atoms with E-state index in [9.17, 15) is 19.2 Å². The normalized spacial score (nSPS) is 17.7. The number of piperazine rings is 1. The van der Waals surface area contributed by atoms with Crippen LogP contribution in [0.3, 0.4) is 0 Å². The number of carbonyl (C=O) groups is 4. The predicted molar refractivity (Wildman–Crippen MR) is 143 cm³/mol. The minimum Gasteiger partial charge on any atom is -0.453 e. The van der Waals surface area contributed by atoms with E-state index in [0.717, 1.165) is 17.0 Å². The van der Waals surface area contributed by atoms with Crippen LogP contribution in [-0.2, 0) is 14.3 Å². The minimum atomic E-state index is -0.878. The second-order valence-corrected chi connectivity index (χ2v) is 9.70. The standard InChI is InChI=1S/C26H28F2N8O6/c1-15(32-23(37)18-13-31-36-5-3-4-29-22(18)36)24(38)34-8-6-33(7-9-34)21-19(27)10-16(11-20(21)28)35-14-17(42-26(35)40)12-30-25(39)41-2/h3-5,10-11,13,15,17H,6-9,12,14H2,1-2H3,(H,30,39)(H,32,37). The monoisotopic (exact) mass is 586 g/mol. The molecule has 222 valence electrons. The van der Waals surface area contributed by atoms with Gasteiger partial charge in [-0.3, -0.25) is 14.5 Å². The molecule has 4 heterocycles. The van der Waals surface area contributed by atoms with Crippen LogP contribution in [-0.4, -0.2) is 102 Å². The zero-order valence-electron chi connectivity index (χ0n) is 22.8. The molecule has 2 unspecified atom stereocenters. The van der Waals surface area contributed by atoms with Crippen LogP contribution >= 0.6 is 0 Å². The number of halogens is 2. The lowest BCUT2D eigenvalue weighted by Gasteiger charge is -2.37. The number of anilines is 2. The van der Waals surface area contributed by atoms with Crippen molar-refractivity contribution in [1.29, 1.82) is 0 Å². The quantitative estimate of drug-likeness (QED) is 0.416. The predicted octanol–water partition coefficient (Wildman–Crippen LogP) is 1.16. The molecule has 2 atom stereocenters. The third kappa shape index (κ3) is 5.73. The lowest BCUT2D eigenvalue weighted by Crippen LogP contribution is -2.54. The van der Waals surface area contributed by atoms with E-state index in [1.165, 1.54) is 33.8 Å². The van der Waals surface area contributed by atoms with Gasteiger partial charge in [0, 0.05) is 50.7 Å². The van der Waals surface area contributed by atoms with Crippen LogP contribution in [0, 0.1) is 11.6 Å². The molecule has 3 aromatic rings. The number of benzene rings is 1. The minimum absolute atomic E-state index is 0.0233. The van der Waals surface area contributed by atoms with Gasteiger partial charge in [0.25, 0.3) is 5.91 Å². The van der Waals surface area contributed by atoms with Gasteiger partial charge in [-0.1, -0.05) is 0 Å². The number of alkyl carbamates (subject to hydrolysis) is 1. The zero-order valence-corrected chi connectivity index (χ0v) is 22.8. The van der Waals surface area contributed by atoms with E-state index in [1.807, 2.05) is 0 Å². The molecule has 2 fully saturated rings. The number of amides is 4. The number of nitrogens with zero attached hydrogens (tertiary/aromatic N) is 6. The molecule has 2 N–H and O–H groups in total. The van der Waals surface area contributed by atoms with Crippen molar-refractivity contribution in [1.82, 2.24) is 30.1 Å². The summed E-state index contributed by atoms with van der Waals surface area (Å²) in [5.41, 5.74) is 0.281. The Labute approximate surface area is 238 Å². The average molecular weight is 587 g/mol. The van der Waals surface area contributed by atoms with Gasteiger partial charge in [0.15, 0.2) is 17.3 Å². The van der Waals surface area contributed by atoms with Crippen molar-refractivity contribution in [2.45, 2.75) is 19.1 Å². The molecule has 0 saturated carbocycles. The molecule has 2 aliphatic rings. The number of nitrogens with one attached hydrogen (secondary N) is 2. The maximum atomic E-state index is 15.2. The van der Waals surface area contributed by atoms with E-state index in [0.29, 0.717) is 5.65 Å². The molecular formula is C26H28F2N8O6. The number of fused-ring (bicyclic) bond motifs is 1. The Hall–Kier alpha value is -5.02. The summed E-state index contributed by atoms with van der Waals surface area (Å²) in [6, 6.07) is 2.90. The average Bonchev–Trinajstić information content (AvgIpc) is 3.58. The second kappa shape index (κ2) is 11.8. The molecule has 16 heteroatoms. The lowest BCUT2D eigenvalue weighted by atomic mass is 10.1. The highest BCUT2D eigenvalue weighted by molar-refractivity contribution is 6.01. The summed E-state index contributed by atoms with van der Waals surface area (Å²) in [4.78, 5) is 57.5. The number of hydrogen-bond acceptors (Lipinski definition) is 9. The molecular weight excluding hydrogens is 558 g/mol. The fraction of sp³-hybridized carbons (Fsp3) is 0.385. The van der Waals surface area contributed by atoms with E-state index >= 15 is 8.78 Å². The summed E-state index contributed by atoms with van der Waals surface area (Å²) in [5, 5.41) is 9.14. The Morgan fingerprint density at radius 1 is 1.17 bits per heavy atom. The summed E-state index contributed by atoms with van der Waals surface area (Å²) >= 11 is 0. The molecule has 2 saturated heterocycles. The van der Waals surface area contributed by atoms with E-state index < -0.39 is 41.9 Å². The molecule has 2 aromatic heterocycles. The molecule has 42 heavy (non-hydrogen) atoms. The summed E-state index contributed by atoms with van der Waals surface area (Å²) in [5.74, 6) is -2.60. The molecule has 14 nitrogen and oxygen atoms in total. The number of rotatable bonds is 7. The van der Waals surface area contributed by atoms with Crippen molar-refractivity contribution in [3.05, 3.63) is 54.0 Å². The molecule has 5 rings (SSSR count). The smallest absolute Gasteiger partial charge is 0.414 e. The maximum Gasteiger partial charge on any atom is 0.414 e. The second-order valence-electron chi connectivity index (χ2n) is 9.70. The van der Waals surface area contributed by atoms with Crippen LogP contribution in [0.1, 0.15) is 17.3 Å². The number of aromatic nitrogens is 3. The van der Waals surface area contributed by atoms with Gasteiger partial charge in [-0.15, -0.1) is 0 Å². The van der Waals surface area contributed by atoms with Crippen LogP contribution in [0.5, 0.6) is 0 Å². The molecule has 1 aromatic carbocycles. The van der Waals surface area contributed by atoms with Gasteiger partial charge in [-0.2, -0.15) is 5.10 Å². The highest BCUT2D eigenvalue weighted by atomic mass is 19.1. The first-order chi connectivity index (χ1) is 20.2. The Morgan fingerprint density at radius 3 is 2.57 bits per heavy atom. The molecule has 0 spiro atoms. The number of carbonyl (C=O) groups excluding carboxylic acids is 4. The Bertz CT molecular complexity index is 1500. The fourth-order valence-electron chi connectivity index (χ4n) is 4.87. The number of hydrogen-bond donors (Lipinski definition) is 2. The van der Waals surface area contributed by atoms with Crippen LogP contribution in [0.15, 0.2) is 36.8 Å². The third-order valence-electron chi connectivity index (χ3n) is 7.00. The first-order valence-corrected chi connectivity index (χ1v) is 13.1. The first kappa shape index (κ1) is 28.5. The molecule has 4 amide bonds. The van der Waals surface area contributed by atoms with Gasteiger partial charge in [0.1, 0.15) is 23.4 Å². The Balaban J connectivity index is 1.17. The molecule has 0 radical (unpaired) electrons. The number of methoxy groups -OCH3 is 1. The summed E-state index contributed by atoms with van der Waals surface area (Å²) in [6.07, 6.45) is 2.32. The number of cyclic esters (lactones) is 1. The van der Waals surface area contributed by atoms with Gasteiger partial charge >= 0.3 is 12.2 Å². The highest BCUT2D eigenvalue weighted by Crippen LogP contribution is 2.31. The van der Waals surface area contributed by atoms with Gasteiger partial charge in [-0.25, -0.2) is 27.9 Å². The van der Waals surface area contributed by atoms with Crippen molar-refractivity contribution in [2.75, 3.05) is 56.2 Å². The van der Waals surface area contributed by atoms with Crippen molar-refractivity contribution >= 4 is 41.0 Å². The van der Waals surface area contributed by atoms with Gasteiger partial charge in [-0.05, 0) is 13.0 Å². The molecule has 2 aliphatic heterocycles. The largest absolute Gasteiger partial charge is 0.453 e. The first-order valence-electron chi connectivity index (χ1n) is 13.1. The van der Waals surface area contributed by atoms with E-state index in [4.69, 9.17) is 4.74 Å². The SMILES string of the molecule is COC(=O)NCC1CN(c2cc(F)c(N3CCN(C(=O)C(C)NC(=O)c4cnn5cccnc45)CC3)c(F)c2)C(=O)O1. The van der Waals surface area contributed by atoms with E-state index in [-0.39, 0.29) is 62.1 Å². The van der Waals surface area contributed by atoms with E-state index in [1.54, 1.807) is 19.2 Å². The van der Waals surface area contributed by atoms with Gasteiger partial charge in [0.05, 0.1) is 32.1 Å².